The van der Waals surface area contributed by atoms with Gasteiger partial charge in [-0.25, -0.2) is 4.79 Å². The van der Waals surface area contributed by atoms with E-state index in [-0.39, 0.29) is 12.4 Å². The zero-order valence-corrected chi connectivity index (χ0v) is 12.4. The second-order valence-corrected chi connectivity index (χ2v) is 5.42. The van der Waals surface area contributed by atoms with Crippen LogP contribution < -0.4 is 0 Å². The average Bonchev–Trinajstić information content (AvgIpc) is 2.44. The molecule has 0 saturated heterocycles. The summed E-state index contributed by atoms with van der Waals surface area (Å²) in [6, 6.07) is 7.37. The van der Waals surface area contributed by atoms with Crippen LogP contribution in [0.25, 0.3) is 0 Å². The first-order valence-corrected chi connectivity index (χ1v) is 7.39. The Bertz CT molecular complexity index is 540. The van der Waals surface area contributed by atoms with Crippen LogP contribution in [0.2, 0.25) is 0 Å². The first-order valence-electron chi connectivity index (χ1n) is 7.39. The molecular weight excluding hydrogens is 268 g/mol. The van der Waals surface area contributed by atoms with Crippen LogP contribution in [-0.2, 0) is 14.3 Å². The van der Waals surface area contributed by atoms with E-state index in [2.05, 4.69) is 4.74 Å². The van der Waals surface area contributed by atoms with Crippen LogP contribution >= 0.6 is 0 Å². The molecule has 0 aliphatic heterocycles. The standard InChI is InChI=1S/C17H20O4/c1-3-21-17(20)16(19)11(2)15(18)14-9-7-13(8-10-14)12-5-4-6-12/h7-12H,3-6H2,1-2H3. The molecule has 0 spiro atoms. The molecule has 1 aromatic carbocycles. The van der Waals surface area contributed by atoms with E-state index in [1.165, 1.54) is 31.7 Å². The van der Waals surface area contributed by atoms with Gasteiger partial charge in [-0.1, -0.05) is 30.7 Å². The van der Waals surface area contributed by atoms with Crippen LogP contribution in [0.5, 0.6) is 0 Å². The third-order valence-electron chi connectivity index (χ3n) is 4.03. The van der Waals surface area contributed by atoms with E-state index in [0.29, 0.717) is 11.5 Å². The summed E-state index contributed by atoms with van der Waals surface area (Å²) < 4.78 is 4.64. The Labute approximate surface area is 124 Å². The molecule has 0 heterocycles. The number of Topliss-reactive ketones (excluding diaryl/α,β-unsaturated/α-hetero) is 2. The van der Waals surface area contributed by atoms with Crippen molar-refractivity contribution >= 4 is 17.5 Å². The largest absolute Gasteiger partial charge is 0.460 e. The van der Waals surface area contributed by atoms with Gasteiger partial charge in [-0.15, -0.1) is 0 Å². The second kappa shape index (κ2) is 6.66. The van der Waals surface area contributed by atoms with Crippen molar-refractivity contribution in [3.8, 4) is 0 Å². The Morgan fingerprint density at radius 1 is 1.19 bits per heavy atom. The van der Waals surface area contributed by atoms with Crippen LogP contribution in [0, 0.1) is 5.92 Å². The number of hydrogen-bond acceptors (Lipinski definition) is 4. The number of hydrogen-bond donors (Lipinski definition) is 0. The SMILES string of the molecule is CCOC(=O)C(=O)C(C)C(=O)c1ccc(C2CCC2)cc1. The predicted octanol–water partition coefficient (Wildman–Crippen LogP) is 2.91. The summed E-state index contributed by atoms with van der Waals surface area (Å²) in [4.78, 5) is 35.4. The van der Waals surface area contributed by atoms with Crippen molar-refractivity contribution in [3.63, 3.8) is 0 Å². The highest BCUT2D eigenvalue weighted by Crippen LogP contribution is 2.36. The maximum absolute atomic E-state index is 12.2. The quantitative estimate of drug-likeness (QED) is 0.349. The van der Waals surface area contributed by atoms with E-state index in [4.69, 9.17) is 0 Å². The Kier molecular flexibility index (Phi) is 4.89. The Hall–Kier alpha value is -1.97. The van der Waals surface area contributed by atoms with Crippen LogP contribution in [0.15, 0.2) is 24.3 Å². The van der Waals surface area contributed by atoms with Crippen LogP contribution in [0.1, 0.15) is 54.9 Å². The van der Waals surface area contributed by atoms with E-state index in [1.807, 2.05) is 12.1 Å². The monoisotopic (exact) mass is 288 g/mol. The van der Waals surface area contributed by atoms with E-state index in [1.54, 1.807) is 19.1 Å². The molecule has 1 saturated carbocycles. The summed E-state index contributed by atoms with van der Waals surface area (Å²) in [6.07, 6.45) is 3.66. The van der Waals surface area contributed by atoms with E-state index >= 15 is 0 Å². The van der Waals surface area contributed by atoms with Gasteiger partial charge in [0, 0.05) is 5.56 Å². The molecule has 1 atom stereocenters. The molecule has 112 valence electrons. The molecule has 0 bridgehead atoms. The van der Waals surface area contributed by atoms with Crippen molar-refractivity contribution in [1.82, 2.24) is 0 Å². The van der Waals surface area contributed by atoms with Crippen molar-refractivity contribution in [2.24, 2.45) is 5.92 Å². The van der Waals surface area contributed by atoms with Crippen molar-refractivity contribution < 1.29 is 19.1 Å². The van der Waals surface area contributed by atoms with Gasteiger partial charge in [-0.2, -0.15) is 0 Å². The van der Waals surface area contributed by atoms with Gasteiger partial charge < -0.3 is 4.74 Å². The molecule has 0 amide bonds. The minimum atomic E-state index is -1.00. The third kappa shape index (κ3) is 3.38. The highest BCUT2D eigenvalue weighted by Gasteiger charge is 2.29. The van der Waals surface area contributed by atoms with Crippen molar-refractivity contribution in [2.45, 2.75) is 39.0 Å². The average molecular weight is 288 g/mol. The van der Waals surface area contributed by atoms with Gasteiger partial charge in [0.2, 0.25) is 0 Å². The van der Waals surface area contributed by atoms with Crippen molar-refractivity contribution in [2.75, 3.05) is 6.61 Å². The van der Waals surface area contributed by atoms with Crippen molar-refractivity contribution in [1.29, 1.82) is 0 Å². The topological polar surface area (TPSA) is 60.4 Å². The summed E-state index contributed by atoms with van der Waals surface area (Å²) in [6.45, 7) is 3.19. The lowest BCUT2D eigenvalue weighted by molar-refractivity contribution is -0.154. The van der Waals surface area contributed by atoms with Gasteiger partial charge in [-0.3, -0.25) is 9.59 Å². The zero-order valence-electron chi connectivity index (χ0n) is 12.4. The van der Waals surface area contributed by atoms with Crippen LogP contribution in [0.4, 0.5) is 0 Å². The highest BCUT2D eigenvalue weighted by molar-refractivity contribution is 6.39. The predicted molar refractivity (Wildman–Crippen MR) is 78.2 cm³/mol. The smallest absolute Gasteiger partial charge is 0.375 e. The zero-order chi connectivity index (χ0) is 15.4. The van der Waals surface area contributed by atoms with E-state index in [9.17, 15) is 14.4 Å². The van der Waals surface area contributed by atoms with Crippen LogP contribution in [-0.4, -0.2) is 24.1 Å². The molecule has 1 aliphatic rings. The molecule has 0 radical (unpaired) electrons. The van der Waals surface area contributed by atoms with Gasteiger partial charge in [-0.05, 0) is 38.2 Å². The Balaban J connectivity index is 2.04. The molecule has 1 aliphatic carbocycles. The number of carbonyl (C=O) groups excluding carboxylic acids is 3. The number of benzene rings is 1. The van der Waals surface area contributed by atoms with E-state index < -0.39 is 17.7 Å². The Morgan fingerprint density at radius 2 is 1.81 bits per heavy atom. The van der Waals surface area contributed by atoms with Gasteiger partial charge in [0.1, 0.15) is 0 Å². The van der Waals surface area contributed by atoms with Crippen LogP contribution in [0.3, 0.4) is 0 Å². The molecule has 2 rings (SSSR count). The molecule has 0 aromatic heterocycles. The fourth-order valence-corrected chi connectivity index (χ4v) is 2.41. The molecule has 4 heteroatoms. The van der Waals surface area contributed by atoms with Gasteiger partial charge in [0.15, 0.2) is 5.78 Å². The summed E-state index contributed by atoms with van der Waals surface area (Å²) >= 11 is 0. The molecule has 4 nitrogen and oxygen atoms in total. The fourth-order valence-electron chi connectivity index (χ4n) is 2.41. The summed E-state index contributed by atoms with van der Waals surface area (Å²) in [5, 5.41) is 0. The number of ether oxygens (including phenoxy) is 1. The lowest BCUT2D eigenvalue weighted by atomic mass is 9.79. The highest BCUT2D eigenvalue weighted by atomic mass is 16.5. The summed E-state index contributed by atoms with van der Waals surface area (Å²) in [5.74, 6) is -2.46. The van der Waals surface area contributed by atoms with Gasteiger partial charge >= 0.3 is 5.97 Å². The minimum absolute atomic E-state index is 0.127. The molecular formula is C17H20O4. The number of carbonyl (C=O) groups is 3. The number of esters is 1. The molecule has 1 unspecified atom stereocenters. The summed E-state index contributed by atoms with van der Waals surface area (Å²) in [5.41, 5.74) is 1.70. The first kappa shape index (κ1) is 15.4. The van der Waals surface area contributed by atoms with Gasteiger partial charge in [0.05, 0.1) is 12.5 Å². The third-order valence-corrected chi connectivity index (χ3v) is 4.03. The van der Waals surface area contributed by atoms with Crippen molar-refractivity contribution in [3.05, 3.63) is 35.4 Å². The fraction of sp³-hybridized carbons (Fsp3) is 0.471. The molecule has 1 fully saturated rings. The maximum Gasteiger partial charge on any atom is 0.375 e. The van der Waals surface area contributed by atoms with E-state index in [0.717, 1.165) is 0 Å². The Morgan fingerprint density at radius 3 is 2.29 bits per heavy atom. The number of rotatable bonds is 6. The second-order valence-electron chi connectivity index (χ2n) is 5.42. The molecule has 1 aromatic rings. The number of ketones is 2. The lowest BCUT2D eigenvalue weighted by Crippen LogP contribution is -2.29. The summed E-state index contributed by atoms with van der Waals surface area (Å²) in [7, 11) is 0. The maximum atomic E-state index is 12.2. The lowest BCUT2D eigenvalue weighted by Gasteiger charge is -2.25. The molecule has 0 N–H and O–H groups in total. The first-order chi connectivity index (χ1) is 10.0. The molecule has 21 heavy (non-hydrogen) atoms. The van der Waals surface area contributed by atoms with Gasteiger partial charge in [0.25, 0.3) is 5.78 Å². The normalized spacial score (nSPS) is 15.9. The minimum Gasteiger partial charge on any atom is -0.460 e.